The van der Waals surface area contributed by atoms with Gasteiger partial charge in [0.2, 0.25) is 0 Å². The molecule has 0 radical (unpaired) electrons. The second-order valence-electron chi connectivity index (χ2n) is 3.49. The third kappa shape index (κ3) is 4.58. The Hall–Kier alpha value is -0.670. The summed E-state index contributed by atoms with van der Waals surface area (Å²) in [5.74, 6) is 0. The molecule has 3 heteroatoms. The van der Waals surface area contributed by atoms with Crippen molar-refractivity contribution >= 4 is 15.9 Å². The van der Waals surface area contributed by atoms with Crippen molar-refractivity contribution < 1.29 is 0 Å². The third-order valence-electron chi connectivity index (χ3n) is 2.19. The molecule has 0 saturated carbocycles. The van der Waals surface area contributed by atoms with Crippen molar-refractivity contribution in [1.82, 2.24) is 10.3 Å². The molecule has 0 aliphatic heterocycles. The van der Waals surface area contributed by atoms with Crippen molar-refractivity contribution in [3.05, 3.63) is 41.2 Å². The zero-order chi connectivity index (χ0) is 11.1. The number of hydrogen-bond donors (Lipinski definition) is 1. The molecular weight excluding hydrogens is 252 g/mol. The summed E-state index contributed by atoms with van der Waals surface area (Å²) >= 11 is 3.43. The van der Waals surface area contributed by atoms with E-state index in [2.05, 4.69) is 45.8 Å². The van der Waals surface area contributed by atoms with Gasteiger partial charge in [0.1, 0.15) is 0 Å². The molecule has 1 unspecified atom stereocenters. The van der Waals surface area contributed by atoms with E-state index in [0.717, 1.165) is 23.9 Å². The van der Waals surface area contributed by atoms with E-state index in [1.54, 1.807) is 6.20 Å². The Labute approximate surface area is 99.9 Å². The van der Waals surface area contributed by atoms with Gasteiger partial charge in [-0.05, 0) is 46.9 Å². The van der Waals surface area contributed by atoms with Crippen LogP contribution in [0.15, 0.2) is 35.6 Å². The topological polar surface area (TPSA) is 24.9 Å². The Morgan fingerprint density at radius 3 is 3.00 bits per heavy atom. The van der Waals surface area contributed by atoms with Gasteiger partial charge in [-0.3, -0.25) is 4.98 Å². The third-order valence-corrected chi connectivity index (χ3v) is 2.62. The molecule has 82 valence electrons. The summed E-state index contributed by atoms with van der Waals surface area (Å²) in [5, 5.41) is 3.44. The van der Waals surface area contributed by atoms with Crippen LogP contribution in [0.25, 0.3) is 0 Å². The lowest BCUT2D eigenvalue weighted by molar-refractivity contribution is 0.529. The first-order chi connectivity index (χ1) is 7.26. The smallest absolute Gasteiger partial charge is 0.0410 e. The zero-order valence-electron chi connectivity index (χ0n) is 9.04. The van der Waals surface area contributed by atoms with Crippen molar-refractivity contribution in [2.75, 3.05) is 6.54 Å². The molecule has 0 aliphatic carbocycles. The molecule has 0 fully saturated rings. The molecular formula is C12H17BrN2. The molecule has 0 aliphatic rings. The minimum absolute atomic E-state index is 0.462. The van der Waals surface area contributed by atoms with Crippen molar-refractivity contribution in [2.24, 2.45) is 0 Å². The maximum Gasteiger partial charge on any atom is 0.0410 e. The monoisotopic (exact) mass is 268 g/mol. The summed E-state index contributed by atoms with van der Waals surface area (Å²) in [7, 11) is 0. The normalized spacial score (nSPS) is 12.4. The Balaban J connectivity index is 2.60. The van der Waals surface area contributed by atoms with Crippen molar-refractivity contribution in [3.8, 4) is 0 Å². The highest BCUT2D eigenvalue weighted by molar-refractivity contribution is 9.10. The fourth-order valence-corrected chi connectivity index (χ4v) is 1.99. The first kappa shape index (κ1) is 12.4. The van der Waals surface area contributed by atoms with Gasteiger partial charge < -0.3 is 5.32 Å². The second kappa shape index (κ2) is 6.75. The second-order valence-corrected chi connectivity index (χ2v) is 4.41. The molecule has 2 nitrogen and oxygen atoms in total. The molecule has 0 amide bonds. The highest BCUT2D eigenvalue weighted by atomic mass is 79.9. The van der Waals surface area contributed by atoms with E-state index in [9.17, 15) is 0 Å². The van der Waals surface area contributed by atoms with Crippen LogP contribution in [0.4, 0.5) is 0 Å². The molecule has 1 atom stereocenters. The van der Waals surface area contributed by atoms with Crippen LogP contribution in [0.2, 0.25) is 0 Å². The lowest BCUT2D eigenvalue weighted by atomic mass is 10.1. The van der Waals surface area contributed by atoms with Crippen LogP contribution in [0.5, 0.6) is 0 Å². The van der Waals surface area contributed by atoms with Crippen LogP contribution < -0.4 is 5.32 Å². The standard InChI is InChI=1S/C12H17BrN2/c1-3-5-12(15-4-2)7-10-6-11(13)9-14-8-10/h3,6,8-9,12,15H,1,4-5,7H2,2H3. The number of halogens is 1. The van der Waals surface area contributed by atoms with Gasteiger partial charge >= 0.3 is 0 Å². The number of pyridine rings is 1. The van der Waals surface area contributed by atoms with E-state index in [1.807, 2.05) is 12.3 Å². The lowest BCUT2D eigenvalue weighted by Gasteiger charge is -2.15. The predicted octanol–water partition coefficient (Wildman–Crippen LogP) is 2.94. The summed E-state index contributed by atoms with van der Waals surface area (Å²) in [6, 6.07) is 2.57. The number of nitrogens with one attached hydrogen (secondary N) is 1. The highest BCUT2D eigenvalue weighted by Gasteiger charge is 2.06. The van der Waals surface area contributed by atoms with Gasteiger partial charge in [0.15, 0.2) is 0 Å². The molecule has 0 saturated heterocycles. The van der Waals surface area contributed by atoms with Crippen LogP contribution in [-0.2, 0) is 6.42 Å². The summed E-state index contributed by atoms with van der Waals surface area (Å²) in [4.78, 5) is 4.16. The molecule has 0 bridgehead atoms. The maximum absolute atomic E-state index is 4.16. The van der Waals surface area contributed by atoms with Gasteiger partial charge in [-0.1, -0.05) is 13.0 Å². The number of nitrogens with zero attached hydrogens (tertiary/aromatic N) is 1. The van der Waals surface area contributed by atoms with Gasteiger partial charge in [0, 0.05) is 22.9 Å². The molecule has 15 heavy (non-hydrogen) atoms. The van der Waals surface area contributed by atoms with Crippen LogP contribution in [0.3, 0.4) is 0 Å². The molecule has 0 spiro atoms. The van der Waals surface area contributed by atoms with Crippen molar-refractivity contribution in [1.29, 1.82) is 0 Å². The molecule has 1 rings (SSSR count). The van der Waals surface area contributed by atoms with E-state index in [1.165, 1.54) is 5.56 Å². The minimum atomic E-state index is 0.462. The maximum atomic E-state index is 4.16. The average Bonchev–Trinajstić information content (AvgIpc) is 2.18. The van der Waals surface area contributed by atoms with E-state index in [-0.39, 0.29) is 0 Å². The number of likely N-dealkylation sites (N-methyl/N-ethyl adjacent to an activating group) is 1. The largest absolute Gasteiger partial charge is 0.314 e. The minimum Gasteiger partial charge on any atom is -0.314 e. The predicted molar refractivity (Wildman–Crippen MR) is 67.9 cm³/mol. The Kier molecular flexibility index (Phi) is 5.58. The quantitative estimate of drug-likeness (QED) is 0.803. The van der Waals surface area contributed by atoms with E-state index in [0.29, 0.717) is 6.04 Å². The fourth-order valence-electron chi connectivity index (χ4n) is 1.58. The van der Waals surface area contributed by atoms with Gasteiger partial charge in [-0.25, -0.2) is 0 Å². The summed E-state index contributed by atoms with van der Waals surface area (Å²) in [6.45, 7) is 6.88. The Bertz CT molecular complexity index is 312. The van der Waals surface area contributed by atoms with E-state index < -0.39 is 0 Å². The Morgan fingerprint density at radius 1 is 1.60 bits per heavy atom. The molecule has 1 heterocycles. The molecule has 1 aromatic rings. The first-order valence-corrected chi connectivity index (χ1v) is 5.99. The fraction of sp³-hybridized carbons (Fsp3) is 0.417. The van der Waals surface area contributed by atoms with Crippen LogP contribution in [0.1, 0.15) is 18.9 Å². The van der Waals surface area contributed by atoms with Crippen LogP contribution >= 0.6 is 15.9 Å². The number of hydrogen-bond acceptors (Lipinski definition) is 2. The summed E-state index contributed by atoms with van der Waals surface area (Å²) in [6.07, 6.45) is 7.66. The van der Waals surface area contributed by atoms with Gasteiger partial charge in [-0.2, -0.15) is 0 Å². The average molecular weight is 269 g/mol. The van der Waals surface area contributed by atoms with E-state index >= 15 is 0 Å². The van der Waals surface area contributed by atoms with Crippen LogP contribution in [0, 0.1) is 0 Å². The molecule has 0 aromatic carbocycles. The Morgan fingerprint density at radius 2 is 2.40 bits per heavy atom. The molecule has 1 aromatic heterocycles. The van der Waals surface area contributed by atoms with Crippen molar-refractivity contribution in [2.45, 2.75) is 25.8 Å². The van der Waals surface area contributed by atoms with Crippen LogP contribution in [-0.4, -0.2) is 17.6 Å². The SMILES string of the molecule is C=CCC(Cc1cncc(Br)c1)NCC. The summed E-state index contributed by atoms with van der Waals surface area (Å²) in [5.41, 5.74) is 1.25. The number of rotatable bonds is 6. The summed E-state index contributed by atoms with van der Waals surface area (Å²) < 4.78 is 1.04. The molecule has 1 N–H and O–H groups in total. The zero-order valence-corrected chi connectivity index (χ0v) is 10.6. The van der Waals surface area contributed by atoms with Gasteiger partial charge in [0.05, 0.1) is 0 Å². The highest BCUT2D eigenvalue weighted by Crippen LogP contribution is 2.12. The van der Waals surface area contributed by atoms with Gasteiger partial charge in [-0.15, -0.1) is 6.58 Å². The van der Waals surface area contributed by atoms with Crippen molar-refractivity contribution in [3.63, 3.8) is 0 Å². The first-order valence-electron chi connectivity index (χ1n) is 5.20. The van der Waals surface area contributed by atoms with E-state index in [4.69, 9.17) is 0 Å². The lowest BCUT2D eigenvalue weighted by Crippen LogP contribution is -2.30. The van der Waals surface area contributed by atoms with Gasteiger partial charge in [0.25, 0.3) is 0 Å². The number of aromatic nitrogens is 1.